The number of alkyl carbamates (subject to hydrolysis) is 1. The van der Waals surface area contributed by atoms with Gasteiger partial charge in [0.1, 0.15) is 5.60 Å². The summed E-state index contributed by atoms with van der Waals surface area (Å²) in [5.74, 6) is -0.221. The van der Waals surface area contributed by atoms with Crippen LogP contribution in [0.4, 0.5) is 10.5 Å². The number of sulfonamides is 1. The van der Waals surface area contributed by atoms with Gasteiger partial charge >= 0.3 is 6.09 Å². The van der Waals surface area contributed by atoms with E-state index in [0.717, 1.165) is 9.20 Å². The van der Waals surface area contributed by atoms with Crippen LogP contribution in [-0.4, -0.2) is 57.5 Å². The summed E-state index contributed by atoms with van der Waals surface area (Å²) in [5, 5.41) is 2.67. The number of anilines is 1. The number of benzene rings is 2. The van der Waals surface area contributed by atoms with Crippen molar-refractivity contribution >= 4 is 39.5 Å². The Kier molecular flexibility index (Phi) is 6.87. The van der Waals surface area contributed by atoms with Gasteiger partial charge in [0.25, 0.3) is 5.91 Å². The SMILES string of the molecule is CN(C)S(=O)(=O)c1ccc2c(c1)Sc1ccccc1C(=O)N2CCNC(=O)OC(C)(C)C. The third-order valence-corrected chi connectivity index (χ3v) is 7.52. The highest BCUT2D eigenvalue weighted by molar-refractivity contribution is 7.99. The predicted octanol–water partition coefficient (Wildman–Crippen LogP) is 3.57. The third kappa shape index (κ3) is 5.25. The van der Waals surface area contributed by atoms with Crippen molar-refractivity contribution in [2.75, 3.05) is 32.1 Å². The van der Waals surface area contributed by atoms with Crippen molar-refractivity contribution in [1.82, 2.24) is 9.62 Å². The first-order valence-electron chi connectivity index (χ1n) is 10.0. The van der Waals surface area contributed by atoms with Crippen LogP contribution in [0.25, 0.3) is 0 Å². The molecule has 0 saturated heterocycles. The molecular weight excluding hydrogens is 450 g/mol. The summed E-state index contributed by atoms with van der Waals surface area (Å²) in [7, 11) is -0.686. The predicted molar refractivity (Wildman–Crippen MR) is 124 cm³/mol. The maximum Gasteiger partial charge on any atom is 0.407 e. The average Bonchev–Trinajstić information content (AvgIpc) is 2.81. The molecule has 2 aromatic carbocycles. The molecule has 0 aliphatic carbocycles. The normalized spacial score (nSPS) is 13.9. The fraction of sp³-hybridized carbons (Fsp3) is 0.364. The van der Waals surface area contributed by atoms with E-state index in [4.69, 9.17) is 4.74 Å². The number of fused-ring (bicyclic) bond motifs is 2. The van der Waals surface area contributed by atoms with Crippen LogP contribution in [0.15, 0.2) is 57.2 Å². The zero-order valence-electron chi connectivity index (χ0n) is 18.7. The number of nitrogens with one attached hydrogen (secondary N) is 1. The van der Waals surface area contributed by atoms with E-state index >= 15 is 0 Å². The van der Waals surface area contributed by atoms with Gasteiger partial charge in [0.15, 0.2) is 0 Å². The van der Waals surface area contributed by atoms with Crippen LogP contribution >= 0.6 is 11.8 Å². The van der Waals surface area contributed by atoms with Crippen LogP contribution < -0.4 is 10.2 Å². The zero-order chi connectivity index (χ0) is 23.7. The van der Waals surface area contributed by atoms with Gasteiger partial charge in [-0.2, -0.15) is 0 Å². The first kappa shape index (κ1) is 24.1. The molecule has 2 amide bonds. The van der Waals surface area contributed by atoms with Crippen LogP contribution in [0.5, 0.6) is 0 Å². The van der Waals surface area contributed by atoms with Gasteiger partial charge < -0.3 is 15.0 Å². The molecule has 32 heavy (non-hydrogen) atoms. The fourth-order valence-corrected chi connectivity index (χ4v) is 5.20. The monoisotopic (exact) mass is 477 g/mol. The van der Waals surface area contributed by atoms with Crippen LogP contribution in [-0.2, 0) is 14.8 Å². The molecule has 0 fully saturated rings. The number of nitrogens with zero attached hydrogens (tertiary/aromatic N) is 2. The van der Waals surface area contributed by atoms with Crippen molar-refractivity contribution in [3.8, 4) is 0 Å². The molecule has 0 aromatic heterocycles. The largest absolute Gasteiger partial charge is 0.444 e. The quantitative estimate of drug-likeness (QED) is 0.707. The highest BCUT2D eigenvalue weighted by Gasteiger charge is 2.29. The maximum absolute atomic E-state index is 13.3. The summed E-state index contributed by atoms with van der Waals surface area (Å²) in [5.41, 5.74) is 0.474. The van der Waals surface area contributed by atoms with E-state index in [1.165, 1.54) is 31.9 Å². The Bertz CT molecular complexity index is 1140. The number of hydrogen-bond acceptors (Lipinski definition) is 6. The van der Waals surface area contributed by atoms with Gasteiger partial charge in [0.05, 0.1) is 16.1 Å². The van der Waals surface area contributed by atoms with Gasteiger partial charge in [-0.15, -0.1) is 0 Å². The van der Waals surface area contributed by atoms with Crippen molar-refractivity contribution in [3.05, 3.63) is 48.0 Å². The Hall–Kier alpha value is -2.56. The van der Waals surface area contributed by atoms with E-state index < -0.39 is 21.7 Å². The Morgan fingerprint density at radius 1 is 1.12 bits per heavy atom. The van der Waals surface area contributed by atoms with Crippen molar-refractivity contribution in [1.29, 1.82) is 0 Å². The molecule has 8 nitrogen and oxygen atoms in total. The minimum absolute atomic E-state index is 0.146. The molecule has 0 saturated carbocycles. The topological polar surface area (TPSA) is 96.0 Å². The number of rotatable bonds is 5. The van der Waals surface area contributed by atoms with Crippen molar-refractivity contribution in [2.45, 2.75) is 41.1 Å². The molecule has 1 aliphatic heterocycles. The van der Waals surface area contributed by atoms with E-state index in [9.17, 15) is 18.0 Å². The third-order valence-electron chi connectivity index (χ3n) is 4.59. The van der Waals surface area contributed by atoms with E-state index in [-0.39, 0.29) is 23.9 Å². The molecule has 0 radical (unpaired) electrons. The highest BCUT2D eigenvalue weighted by Crippen LogP contribution is 2.42. The Labute approximate surface area is 193 Å². The molecule has 2 aromatic rings. The molecule has 10 heteroatoms. The Balaban J connectivity index is 1.95. The standard InChI is InChI=1S/C22H27N3O5S2/c1-22(2,3)30-21(27)23-12-13-25-17-11-10-15(32(28,29)24(4)5)14-19(17)31-18-9-7-6-8-16(18)20(25)26/h6-11,14H,12-13H2,1-5H3,(H,23,27). The number of carbonyl (C=O) groups excluding carboxylic acids is 2. The molecular formula is C22H27N3O5S2. The summed E-state index contributed by atoms with van der Waals surface area (Å²) in [6, 6.07) is 11.9. The lowest BCUT2D eigenvalue weighted by atomic mass is 10.1. The van der Waals surface area contributed by atoms with E-state index in [1.807, 2.05) is 12.1 Å². The fourth-order valence-electron chi connectivity index (χ4n) is 3.08. The Morgan fingerprint density at radius 3 is 2.47 bits per heavy atom. The maximum atomic E-state index is 13.3. The smallest absolute Gasteiger partial charge is 0.407 e. The Morgan fingerprint density at radius 2 is 1.81 bits per heavy atom. The summed E-state index contributed by atoms with van der Waals surface area (Å²) >= 11 is 1.34. The van der Waals surface area contributed by atoms with E-state index in [0.29, 0.717) is 16.1 Å². The summed E-state index contributed by atoms with van der Waals surface area (Å²) in [6.07, 6.45) is -0.567. The highest BCUT2D eigenvalue weighted by atomic mass is 32.2. The van der Waals surface area contributed by atoms with Gasteiger partial charge in [-0.25, -0.2) is 17.5 Å². The molecule has 172 valence electrons. The molecule has 0 unspecified atom stereocenters. The van der Waals surface area contributed by atoms with Crippen LogP contribution in [0, 0.1) is 0 Å². The lowest BCUT2D eigenvalue weighted by molar-refractivity contribution is 0.0528. The molecule has 0 bridgehead atoms. The molecule has 0 atom stereocenters. The van der Waals surface area contributed by atoms with Gasteiger partial charge in [-0.05, 0) is 51.1 Å². The molecule has 1 aliphatic rings. The van der Waals surface area contributed by atoms with Gasteiger partial charge in [-0.1, -0.05) is 23.9 Å². The lowest BCUT2D eigenvalue weighted by Crippen LogP contribution is -2.40. The minimum atomic E-state index is -3.63. The average molecular weight is 478 g/mol. The second-order valence-corrected chi connectivity index (χ2v) is 11.6. The second kappa shape index (κ2) is 9.13. The van der Waals surface area contributed by atoms with E-state index in [1.54, 1.807) is 49.9 Å². The van der Waals surface area contributed by atoms with Crippen molar-refractivity contribution < 1.29 is 22.7 Å². The van der Waals surface area contributed by atoms with Gasteiger partial charge in [0, 0.05) is 37.0 Å². The first-order valence-corrected chi connectivity index (χ1v) is 12.3. The summed E-state index contributed by atoms with van der Waals surface area (Å²) < 4.78 is 31.7. The first-order chi connectivity index (χ1) is 14.9. The molecule has 1 heterocycles. The zero-order valence-corrected chi connectivity index (χ0v) is 20.3. The number of ether oxygens (including phenoxy) is 1. The molecule has 3 rings (SSSR count). The number of amides is 2. The van der Waals surface area contributed by atoms with Gasteiger partial charge in [-0.3, -0.25) is 4.79 Å². The number of carbonyl (C=O) groups is 2. The summed E-state index contributed by atoms with van der Waals surface area (Å²) in [6.45, 7) is 5.68. The second-order valence-electron chi connectivity index (χ2n) is 8.40. The van der Waals surface area contributed by atoms with Crippen molar-refractivity contribution in [2.24, 2.45) is 0 Å². The van der Waals surface area contributed by atoms with E-state index in [2.05, 4.69) is 5.32 Å². The minimum Gasteiger partial charge on any atom is -0.444 e. The van der Waals surface area contributed by atoms with Crippen LogP contribution in [0.2, 0.25) is 0 Å². The number of hydrogen-bond donors (Lipinski definition) is 1. The molecule has 0 spiro atoms. The summed E-state index contributed by atoms with van der Waals surface area (Å²) in [4.78, 5) is 28.4. The van der Waals surface area contributed by atoms with Crippen LogP contribution in [0.1, 0.15) is 31.1 Å². The molecule has 1 N–H and O–H groups in total. The van der Waals surface area contributed by atoms with Crippen molar-refractivity contribution in [3.63, 3.8) is 0 Å². The van der Waals surface area contributed by atoms with Crippen LogP contribution in [0.3, 0.4) is 0 Å². The van der Waals surface area contributed by atoms with Gasteiger partial charge in [0.2, 0.25) is 10.0 Å². The lowest BCUT2D eigenvalue weighted by Gasteiger charge is -2.24.